The zero-order valence-electron chi connectivity index (χ0n) is 18.8. The molecule has 0 aliphatic heterocycles. The van der Waals surface area contributed by atoms with Crippen molar-refractivity contribution in [2.24, 2.45) is 0 Å². The van der Waals surface area contributed by atoms with Gasteiger partial charge in [0.15, 0.2) is 0 Å². The molecule has 2 aromatic carbocycles. The number of methoxy groups -OCH3 is 2. The Balaban J connectivity index is 1.84. The summed E-state index contributed by atoms with van der Waals surface area (Å²) in [5.74, 6) is -1.26. The topological polar surface area (TPSA) is 97.8 Å². The van der Waals surface area contributed by atoms with E-state index in [4.69, 9.17) is 9.47 Å². The molecule has 0 spiro atoms. The number of ether oxygens (including phenoxy) is 2. The number of aromatic nitrogens is 1. The molecule has 8 nitrogen and oxygen atoms in total. The van der Waals surface area contributed by atoms with Gasteiger partial charge in [0, 0.05) is 35.4 Å². The van der Waals surface area contributed by atoms with Crippen LogP contribution in [0.5, 0.6) is 0 Å². The van der Waals surface area contributed by atoms with E-state index in [9.17, 15) is 14.4 Å². The van der Waals surface area contributed by atoms with Gasteiger partial charge in [-0.1, -0.05) is 18.2 Å². The van der Waals surface area contributed by atoms with Crippen molar-refractivity contribution >= 4 is 35.0 Å². The molecule has 0 saturated heterocycles. The van der Waals surface area contributed by atoms with Crippen LogP contribution in [0.4, 0.5) is 10.5 Å². The van der Waals surface area contributed by atoms with Gasteiger partial charge in [-0.15, -0.1) is 11.3 Å². The maximum absolute atomic E-state index is 13.1. The van der Waals surface area contributed by atoms with Crippen molar-refractivity contribution in [3.63, 3.8) is 0 Å². The second-order valence-corrected chi connectivity index (χ2v) is 8.37. The molecule has 0 unspecified atom stereocenters. The van der Waals surface area contributed by atoms with Gasteiger partial charge in [0.1, 0.15) is 5.01 Å². The number of carbonyl (C=O) groups is 3. The number of hydrogen-bond acceptors (Lipinski definition) is 7. The highest BCUT2D eigenvalue weighted by atomic mass is 32.1. The van der Waals surface area contributed by atoms with Crippen molar-refractivity contribution in [3.05, 3.63) is 70.7 Å². The Kier molecular flexibility index (Phi) is 7.78. The van der Waals surface area contributed by atoms with E-state index in [2.05, 4.69) is 10.3 Å². The van der Waals surface area contributed by atoms with E-state index >= 15 is 0 Å². The number of esters is 2. The Bertz CT molecular complexity index is 1110. The zero-order chi connectivity index (χ0) is 24.0. The second kappa shape index (κ2) is 10.7. The van der Waals surface area contributed by atoms with Crippen LogP contribution in [-0.2, 0) is 16.0 Å². The highest BCUT2D eigenvalue weighted by Crippen LogP contribution is 2.24. The molecule has 3 rings (SSSR count). The number of nitrogens with zero attached hydrogens (tertiary/aromatic N) is 2. The third-order valence-corrected chi connectivity index (χ3v) is 5.69. The van der Waals surface area contributed by atoms with Gasteiger partial charge >= 0.3 is 18.0 Å². The Labute approximate surface area is 196 Å². The summed E-state index contributed by atoms with van der Waals surface area (Å²) in [7, 11) is 2.48. The van der Waals surface area contributed by atoms with Gasteiger partial charge < -0.3 is 19.7 Å². The van der Waals surface area contributed by atoms with Crippen LogP contribution in [0, 0.1) is 0 Å². The van der Waals surface area contributed by atoms with Crippen LogP contribution in [0.25, 0.3) is 10.6 Å². The molecule has 0 bridgehead atoms. The fraction of sp³-hybridized carbons (Fsp3) is 0.250. The molecule has 0 aliphatic rings. The lowest BCUT2D eigenvalue weighted by atomic mass is 10.1. The SMILES string of the molecule is COC(=O)c1cc(NC(=O)N(Cc2cccc(-c3nccs3)c2)C(C)C)cc(C(=O)OC)c1. The minimum Gasteiger partial charge on any atom is -0.465 e. The predicted octanol–water partition coefficient (Wildman–Crippen LogP) is 4.83. The van der Waals surface area contributed by atoms with Crippen LogP contribution in [0.3, 0.4) is 0 Å². The molecule has 0 radical (unpaired) electrons. The summed E-state index contributed by atoms with van der Waals surface area (Å²) in [6.07, 6.45) is 1.76. The Morgan fingerprint density at radius 3 is 2.24 bits per heavy atom. The molecule has 3 aromatic rings. The second-order valence-electron chi connectivity index (χ2n) is 7.47. The highest BCUT2D eigenvalue weighted by Gasteiger charge is 2.20. The van der Waals surface area contributed by atoms with Crippen molar-refractivity contribution in [1.29, 1.82) is 0 Å². The van der Waals surface area contributed by atoms with Gasteiger partial charge in [-0.05, 0) is 43.7 Å². The standard InChI is InChI=1S/C24H25N3O5S/c1-15(2)27(14-16-6-5-7-17(10-16)21-25-8-9-33-21)24(30)26-20-12-18(22(28)31-3)11-19(13-20)23(29)32-4/h5-13,15H,14H2,1-4H3,(H,26,30). The molecule has 1 heterocycles. The number of anilines is 1. The summed E-state index contributed by atoms with van der Waals surface area (Å²) in [5.41, 5.74) is 2.47. The number of benzene rings is 2. The summed E-state index contributed by atoms with van der Waals surface area (Å²) in [4.78, 5) is 43.2. The maximum atomic E-state index is 13.1. The lowest BCUT2D eigenvalue weighted by molar-refractivity contribution is 0.0599. The summed E-state index contributed by atoms with van der Waals surface area (Å²) in [6.45, 7) is 4.19. The predicted molar refractivity (Wildman–Crippen MR) is 126 cm³/mol. The van der Waals surface area contributed by atoms with Crippen LogP contribution in [-0.4, -0.2) is 48.1 Å². The van der Waals surface area contributed by atoms with E-state index in [1.54, 1.807) is 22.4 Å². The molecule has 1 N–H and O–H groups in total. The Morgan fingerprint density at radius 2 is 1.70 bits per heavy atom. The molecule has 1 aromatic heterocycles. The Morgan fingerprint density at radius 1 is 1.03 bits per heavy atom. The van der Waals surface area contributed by atoms with Crippen LogP contribution in [0.2, 0.25) is 0 Å². The third-order valence-electron chi connectivity index (χ3n) is 4.87. The minimum atomic E-state index is -0.629. The minimum absolute atomic E-state index is 0.114. The fourth-order valence-corrected chi connectivity index (χ4v) is 3.86. The molecule has 2 amide bonds. The number of nitrogens with one attached hydrogen (secondary N) is 1. The number of amides is 2. The Hall–Kier alpha value is -3.72. The van der Waals surface area contributed by atoms with Crippen LogP contribution in [0.15, 0.2) is 54.0 Å². The van der Waals surface area contributed by atoms with E-state index in [1.165, 1.54) is 32.4 Å². The summed E-state index contributed by atoms with van der Waals surface area (Å²) in [5, 5.41) is 5.61. The van der Waals surface area contributed by atoms with Gasteiger partial charge in [-0.3, -0.25) is 0 Å². The fourth-order valence-electron chi connectivity index (χ4n) is 3.22. The van der Waals surface area contributed by atoms with Gasteiger partial charge in [-0.2, -0.15) is 0 Å². The maximum Gasteiger partial charge on any atom is 0.337 e. The van der Waals surface area contributed by atoms with Crippen LogP contribution >= 0.6 is 11.3 Å². The molecule has 33 heavy (non-hydrogen) atoms. The van der Waals surface area contributed by atoms with E-state index in [0.717, 1.165) is 16.1 Å². The number of hydrogen-bond donors (Lipinski definition) is 1. The van der Waals surface area contributed by atoms with Gasteiger partial charge in [-0.25, -0.2) is 19.4 Å². The lowest BCUT2D eigenvalue weighted by Crippen LogP contribution is -2.39. The largest absolute Gasteiger partial charge is 0.465 e. The summed E-state index contributed by atoms with van der Waals surface area (Å²) >= 11 is 1.55. The molecule has 172 valence electrons. The number of urea groups is 1. The highest BCUT2D eigenvalue weighted by molar-refractivity contribution is 7.13. The van der Waals surface area contributed by atoms with Crippen molar-refractivity contribution in [1.82, 2.24) is 9.88 Å². The normalized spacial score (nSPS) is 10.6. The first-order valence-corrected chi connectivity index (χ1v) is 11.1. The van der Waals surface area contributed by atoms with E-state index in [0.29, 0.717) is 6.54 Å². The summed E-state index contributed by atoms with van der Waals surface area (Å²) in [6, 6.07) is 11.7. The molecule has 0 aliphatic carbocycles. The van der Waals surface area contributed by atoms with Gasteiger partial charge in [0.25, 0.3) is 0 Å². The van der Waals surface area contributed by atoms with Crippen molar-refractivity contribution in [2.45, 2.75) is 26.4 Å². The van der Waals surface area contributed by atoms with E-state index in [-0.39, 0.29) is 28.9 Å². The quantitative estimate of drug-likeness (QED) is 0.500. The molecular weight excluding hydrogens is 442 g/mol. The first kappa shape index (κ1) is 23.9. The first-order chi connectivity index (χ1) is 15.8. The molecule has 0 fully saturated rings. The number of carbonyl (C=O) groups excluding carboxylic acids is 3. The summed E-state index contributed by atoms with van der Waals surface area (Å²) < 4.78 is 9.51. The van der Waals surface area contributed by atoms with E-state index in [1.807, 2.05) is 43.5 Å². The molecule has 0 saturated carbocycles. The molecule has 9 heteroatoms. The van der Waals surface area contributed by atoms with Crippen LogP contribution in [0.1, 0.15) is 40.1 Å². The average Bonchev–Trinajstić information content (AvgIpc) is 3.36. The van der Waals surface area contributed by atoms with Crippen molar-refractivity contribution in [3.8, 4) is 10.6 Å². The molecular formula is C24H25N3O5S. The zero-order valence-corrected chi connectivity index (χ0v) is 19.6. The first-order valence-electron chi connectivity index (χ1n) is 10.2. The number of thiazole rings is 1. The third kappa shape index (κ3) is 5.95. The monoisotopic (exact) mass is 467 g/mol. The number of rotatable bonds is 7. The van der Waals surface area contributed by atoms with Gasteiger partial charge in [0.2, 0.25) is 0 Å². The van der Waals surface area contributed by atoms with Gasteiger partial charge in [0.05, 0.1) is 25.3 Å². The van der Waals surface area contributed by atoms with Crippen molar-refractivity contribution < 1.29 is 23.9 Å². The van der Waals surface area contributed by atoms with E-state index < -0.39 is 11.9 Å². The lowest BCUT2D eigenvalue weighted by Gasteiger charge is -2.27. The molecule has 0 atom stereocenters. The van der Waals surface area contributed by atoms with Crippen LogP contribution < -0.4 is 5.32 Å². The van der Waals surface area contributed by atoms with Crippen molar-refractivity contribution in [2.75, 3.05) is 19.5 Å². The smallest absolute Gasteiger partial charge is 0.337 e. The average molecular weight is 468 g/mol.